The van der Waals surface area contributed by atoms with Gasteiger partial charge in [-0.15, -0.1) is 10.2 Å². The molecule has 0 saturated carbocycles. The first-order valence-corrected chi connectivity index (χ1v) is 7.72. The van der Waals surface area contributed by atoms with Crippen LogP contribution in [0.15, 0.2) is 29.1 Å². The molecule has 0 fully saturated rings. The maximum Gasteiger partial charge on any atom is 0.338 e. The minimum Gasteiger partial charge on any atom is -0.459 e. The molecule has 0 radical (unpaired) electrons. The number of carbonyl (C=O) groups excluding carboxylic acids is 1. The Bertz CT molecular complexity index is 791. The van der Waals surface area contributed by atoms with Crippen LogP contribution in [-0.2, 0) is 10.2 Å². The van der Waals surface area contributed by atoms with Crippen LogP contribution in [0.2, 0.25) is 0 Å². The first-order chi connectivity index (χ1) is 11.2. The summed E-state index contributed by atoms with van der Waals surface area (Å²) in [5.41, 5.74) is 0.689. The number of hydrogen-bond donors (Lipinski definition) is 2. The monoisotopic (exact) mass is 330 g/mol. The summed E-state index contributed by atoms with van der Waals surface area (Å²) in [6.45, 7) is 9.25. The highest BCUT2D eigenvalue weighted by atomic mass is 16.5. The zero-order valence-corrected chi connectivity index (χ0v) is 14.5. The Morgan fingerprint density at radius 1 is 1.25 bits per heavy atom. The van der Waals surface area contributed by atoms with E-state index in [-0.39, 0.29) is 23.0 Å². The molecule has 1 heterocycles. The van der Waals surface area contributed by atoms with E-state index in [1.165, 1.54) is 0 Å². The second-order valence-electron chi connectivity index (χ2n) is 6.76. The van der Waals surface area contributed by atoms with Crippen molar-refractivity contribution in [1.29, 1.82) is 0 Å². The van der Waals surface area contributed by atoms with Crippen molar-refractivity contribution in [2.75, 3.05) is 5.32 Å². The van der Waals surface area contributed by atoms with Gasteiger partial charge in [-0.1, -0.05) is 26.8 Å². The fourth-order valence-electron chi connectivity index (χ4n) is 2.03. The summed E-state index contributed by atoms with van der Waals surface area (Å²) in [7, 11) is 0. The Hall–Kier alpha value is -2.70. The van der Waals surface area contributed by atoms with Crippen LogP contribution in [0.25, 0.3) is 0 Å². The van der Waals surface area contributed by atoms with Crippen LogP contribution in [-0.4, -0.2) is 27.3 Å². The van der Waals surface area contributed by atoms with E-state index < -0.39 is 5.97 Å². The van der Waals surface area contributed by atoms with Gasteiger partial charge < -0.3 is 10.1 Å². The number of esters is 1. The molecule has 1 aromatic carbocycles. The van der Waals surface area contributed by atoms with Crippen molar-refractivity contribution in [3.63, 3.8) is 0 Å². The van der Waals surface area contributed by atoms with Gasteiger partial charge in [0.1, 0.15) is 5.69 Å². The Labute approximate surface area is 140 Å². The molecule has 2 N–H and O–H groups in total. The average Bonchev–Trinajstić information content (AvgIpc) is 2.45. The Kier molecular flexibility index (Phi) is 5.02. The van der Waals surface area contributed by atoms with Gasteiger partial charge in [0.25, 0.3) is 5.56 Å². The summed E-state index contributed by atoms with van der Waals surface area (Å²) in [5, 5.41) is 10.9. The fraction of sp³-hybridized carbons (Fsp3) is 0.412. The molecule has 0 aliphatic rings. The molecule has 0 atom stereocenters. The largest absolute Gasteiger partial charge is 0.459 e. The first-order valence-electron chi connectivity index (χ1n) is 7.72. The van der Waals surface area contributed by atoms with E-state index in [9.17, 15) is 9.59 Å². The molecule has 2 aromatic rings. The Balaban J connectivity index is 2.22. The molecule has 2 rings (SSSR count). The van der Waals surface area contributed by atoms with Crippen LogP contribution in [0.3, 0.4) is 0 Å². The molecular weight excluding hydrogens is 308 g/mol. The molecule has 0 aliphatic carbocycles. The topological polar surface area (TPSA) is 97.0 Å². The number of ether oxygens (including phenoxy) is 1. The highest BCUT2D eigenvalue weighted by Gasteiger charge is 2.20. The normalized spacial score (nSPS) is 11.4. The quantitative estimate of drug-likeness (QED) is 0.837. The van der Waals surface area contributed by atoms with Crippen molar-refractivity contribution < 1.29 is 9.53 Å². The zero-order valence-electron chi connectivity index (χ0n) is 14.5. The van der Waals surface area contributed by atoms with Crippen LogP contribution in [0.5, 0.6) is 0 Å². The minimum atomic E-state index is -0.406. The molecule has 0 saturated heterocycles. The van der Waals surface area contributed by atoms with Gasteiger partial charge in [0.05, 0.1) is 11.7 Å². The van der Waals surface area contributed by atoms with Crippen LogP contribution in [0.4, 0.5) is 11.6 Å². The summed E-state index contributed by atoms with van der Waals surface area (Å²) in [6.07, 6.45) is -0.193. The van der Waals surface area contributed by atoms with Gasteiger partial charge in [0.15, 0.2) is 0 Å². The van der Waals surface area contributed by atoms with Crippen LogP contribution in [0.1, 0.15) is 50.7 Å². The molecule has 1 aromatic heterocycles. The van der Waals surface area contributed by atoms with E-state index >= 15 is 0 Å². The molecule has 7 heteroatoms. The van der Waals surface area contributed by atoms with E-state index in [1.54, 1.807) is 38.1 Å². The SMILES string of the molecule is CC(C)OC(=O)c1cccc(Nc2nnc(C(C)(C)C)c(=O)[nH]2)c1. The predicted molar refractivity (Wildman–Crippen MR) is 91.6 cm³/mol. The van der Waals surface area contributed by atoms with Crippen LogP contribution >= 0.6 is 0 Å². The lowest BCUT2D eigenvalue weighted by atomic mass is 9.93. The third-order valence-electron chi connectivity index (χ3n) is 3.11. The van der Waals surface area contributed by atoms with Gasteiger partial charge in [0, 0.05) is 11.1 Å². The number of carbonyl (C=O) groups is 1. The summed E-state index contributed by atoms with van der Waals surface area (Å²) >= 11 is 0. The molecule has 0 aliphatic heterocycles. The maximum absolute atomic E-state index is 12.1. The average molecular weight is 330 g/mol. The van der Waals surface area contributed by atoms with Gasteiger partial charge in [0.2, 0.25) is 5.95 Å². The summed E-state index contributed by atoms with van der Waals surface area (Å²) in [4.78, 5) is 26.7. The smallest absolute Gasteiger partial charge is 0.338 e. The Morgan fingerprint density at radius 3 is 2.54 bits per heavy atom. The molecule has 0 amide bonds. The highest BCUT2D eigenvalue weighted by molar-refractivity contribution is 5.90. The molecule has 0 unspecified atom stereocenters. The van der Waals surface area contributed by atoms with Gasteiger partial charge in [-0.3, -0.25) is 9.78 Å². The van der Waals surface area contributed by atoms with Crippen LogP contribution in [0, 0.1) is 0 Å². The lowest BCUT2D eigenvalue weighted by Gasteiger charge is -2.15. The highest BCUT2D eigenvalue weighted by Crippen LogP contribution is 2.17. The molecule has 7 nitrogen and oxygen atoms in total. The van der Waals surface area contributed by atoms with Crippen molar-refractivity contribution in [3.05, 3.63) is 45.9 Å². The number of rotatable bonds is 4. The summed E-state index contributed by atoms with van der Waals surface area (Å²) in [5.74, 6) is -0.196. The van der Waals surface area contributed by atoms with Gasteiger partial charge in [-0.05, 0) is 32.0 Å². The van der Waals surface area contributed by atoms with Gasteiger partial charge >= 0.3 is 5.97 Å². The first kappa shape index (κ1) is 17.7. The minimum absolute atomic E-state index is 0.193. The molecule has 24 heavy (non-hydrogen) atoms. The summed E-state index contributed by atoms with van der Waals surface area (Å²) in [6, 6.07) is 6.76. The standard InChI is InChI=1S/C17H22N4O3/c1-10(2)24-15(23)11-7-6-8-12(9-11)18-16-19-14(22)13(20-21-16)17(3,4)5/h6-10H,1-5H3,(H2,18,19,21,22). The molecule has 0 bridgehead atoms. The lowest BCUT2D eigenvalue weighted by Crippen LogP contribution is -2.28. The molecular formula is C17H22N4O3. The number of aromatic amines is 1. The number of H-pyrrole nitrogens is 1. The van der Waals surface area contributed by atoms with Crippen molar-refractivity contribution in [2.24, 2.45) is 0 Å². The number of anilines is 2. The third kappa shape index (κ3) is 4.41. The second-order valence-corrected chi connectivity index (χ2v) is 6.76. The molecule has 128 valence electrons. The zero-order chi connectivity index (χ0) is 17.9. The number of nitrogens with one attached hydrogen (secondary N) is 2. The van der Waals surface area contributed by atoms with Gasteiger partial charge in [-0.25, -0.2) is 4.79 Å². The third-order valence-corrected chi connectivity index (χ3v) is 3.11. The van der Waals surface area contributed by atoms with Crippen molar-refractivity contribution in [2.45, 2.75) is 46.1 Å². The number of hydrogen-bond acceptors (Lipinski definition) is 6. The van der Waals surface area contributed by atoms with Crippen molar-refractivity contribution in [1.82, 2.24) is 15.2 Å². The second kappa shape index (κ2) is 6.82. The number of benzene rings is 1. The van der Waals surface area contributed by atoms with Crippen molar-refractivity contribution in [3.8, 4) is 0 Å². The van der Waals surface area contributed by atoms with E-state index in [0.717, 1.165) is 0 Å². The van der Waals surface area contributed by atoms with E-state index in [4.69, 9.17) is 4.74 Å². The lowest BCUT2D eigenvalue weighted by molar-refractivity contribution is 0.0378. The summed E-state index contributed by atoms with van der Waals surface area (Å²) < 4.78 is 5.16. The molecule has 0 spiro atoms. The van der Waals surface area contributed by atoms with Crippen LogP contribution < -0.4 is 10.9 Å². The van der Waals surface area contributed by atoms with E-state index in [2.05, 4.69) is 20.5 Å². The maximum atomic E-state index is 12.1. The number of nitrogens with zero attached hydrogens (tertiary/aromatic N) is 2. The predicted octanol–water partition coefficient (Wildman–Crippen LogP) is 2.77. The van der Waals surface area contributed by atoms with Crippen molar-refractivity contribution >= 4 is 17.6 Å². The van der Waals surface area contributed by atoms with E-state index in [0.29, 0.717) is 16.9 Å². The van der Waals surface area contributed by atoms with E-state index in [1.807, 2.05) is 20.8 Å². The Morgan fingerprint density at radius 2 is 1.96 bits per heavy atom. The van der Waals surface area contributed by atoms with Gasteiger partial charge in [-0.2, -0.15) is 0 Å². The number of aromatic nitrogens is 3. The fourth-order valence-corrected chi connectivity index (χ4v) is 2.03.